The van der Waals surface area contributed by atoms with E-state index in [1.807, 2.05) is 17.0 Å². The first-order chi connectivity index (χ1) is 12.1. The molecule has 0 saturated heterocycles. The zero-order chi connectivity index (χ0) is 19.2. The van der Waals surface area contributed by atoms with Gasteiger partial charge in [0.1, 0.15) is 13.6 Å². The van der Waals surface area contributed by atoms with E-state index in [0.717, 1.165) is 22.7 Å². The molecular formula is C18H22Cl2FN3OSi. The van der Waals surface area contributed by atoms with E-state index >= 15 is 0 Å². The first-order valence-corrected chi connectivity index (χ1v) is 12.5. The summed E-state index contributed by atoms with van der Waals surface area (Å²) in [6.07, 6.45) is 2.49. The lowest BCUT2D eigenvalue weighted by Gasteiger charge is -2.32. The predicted octanol–water partition coefficient (Wildman–Crippen LogP) is 3.93. The Morgan fingerprint density at radius 1 is 1.31 bits per heavy atom. The maximum Gasteiger partial charge on any atom is 0.260 e. The van der Waals surface area contributed by atoms with E-state index in [1.54, 1.807) is 13.0 Å². The van der Waals surface area contributed by atoms with Gasteiger partial charge >= 0.3 is 0 Å². The lowest BCUT2D eigenvalue weighted by atomic mass is 10.2. The highest BCUT2D eigenvalue weighted by Gasteiger charge is 2.40. The van der Waals surface area contributed by atoms with Gasteiger partial charge in [0.15, 0.2) is 0 Å². The van der Waals surface area contributed by atoms with Crippen LogP contribution in [0.5, 0.6) is 0 Å². The van der Waals surface area contributed by atoms with Gasteiger partial charge in [0, 0.05) is 29.3 Å². The van der Waals surface area contributed by atoms with Crippen molar-refractivity contribution >= 4 is 42.4 Å². The van der Waals surface area contributed by atoms with Gasteiger partial charge in [-0.3, -0.25) is 4.79 Å². The maximum atomic E-state index is 14.4. The van der Waals surface area contributed by atoms with Crippen molar-refractivity contribution in [3.05, 3.63) is 45.4 Å². The number of aryl methyl sites for hydroxylation is 2. The van der Waals surface area contributed by atoms with E-state index in [1.165, 1.54) is 7.05 Å². The second-order valence-electron chi connectivity index (χ2n) is 7.58. The Labute approximate surface area is 163 Å². The molecule has 140 valence electrons. The largest absolute Gasteiger partial charge is 0.338 e. The molecule has 0 atom stereocenters. The third-order valence-electron chi connectivity index (χ3n) is 4.82. The van der Waals surface area contributed by atoms with Gasteiger partial charge < -0.3 is 4.90 Å². The average molecular weight is 414 g/mol. The summed E-state index contributed by atoms with van der Waals surface area (Å²) in [5, 5.41) is 6.30. The van der Waals surface area contributed by atoms with Crippen molar-refractivity contribution in [2.45, 2.75) is 38.9 Å². The molecular weight excluding hydrogens is 392 g/mol. The van der Waals surface area contributed by atoms with Gasteiger partial charge in [0.05, 0.1) is 5.69 Å². The Bertz CT molecular complexity index is 844. The van der Waals surface area contributed by atoms with Crippen LogP contribution in [-0.2, 0) is 7.05 Å². The quantitative estimate of drug-likeness (QED) is 0.696. The molecule has 1 fully saturated rings. The molecule has 1 heterocycles. The number of hydrogen-bond donors (Lipinski definition) is 0. The van der Waals surface area contributed by atoms with Crippen molar-refractivity contribution in [1.29, 1.82) is 0 Å². The molecule has 1 aromatic carbocycles. The van der Waals surface area contributed by atoms with Crippen molar-refractivity contribution < 1.29 is 9.18 Å². The molecule has 1 aromatic heterocycles. The summed E-state index contributed by atoms with van der Waals surface area (Å²) in [5.74, 6) is -0.854. The Morgan fingerprint density at radius 2 is 1.88 bits per heavy atom. The summed E-state index contributed by atoms with van der Waals surface area (Å²) in [4.78, 5) is 15.0. The van der Waals surface area contributed by atoms with E-state index in [4.69, 9.17) is 23.2 Å². The third kappa shape index (κ3) is 3.82. The highest BCUT2D eigenvalue weighted by atomic mass is 35.5. The Hall–Kier alpha value is -1.37. The Kier molecular flexibility index (Phi) is 5.21. The molecule has 0 radical (unpaired) electrons. The van der Waals surface area contributed by atoms with Crippen LogP contribution in [0.4, 0.5) is 4.39 Å². The van der Waals surface area contributed by atoms with Crippen LogP contribution in [0.25, 0.3) is 0 Å². The van der Waals surface area contributed by atoms with E-state index in [2.05, 4.69) is 18.2 Å². The van der Waals surface area contributed by atoms with Crippen LogP contribution in [0.1, 0.15) is 28.9 Å². The number of carbonyl (C=O) groups excluding carboxylic acids is 1. The minimum absolute atomic E-state index is 0.0772. The van der Waals surface area contributed by atoms with Crippen molar-refractivity contribution in [3.8, 4) is 0 Å². The van der Waals surface area contributed by atoms with Crippen LogP contribution in [0.15, 0.2) is 18.2 Å². The van der Waals surface area contributed by atoms with Crippen molar-refractivity contribution in [2.75, 3.05) is 6.17 Å². The monoisotopic (exact) mass is 413 g/mol. The number of nitrogens with zero attached hydrogens (tertiary/aromatic N) is 3. The highest BCUT2D eigenvalue weighted by molar-refractivity contribution is 6.90. The summed E-state index contributed by atoms with van der Waals surface area (Å²) in [6.45, 7) is 6.01. The minimum atomic E-state index is -2.07. The van der Waals surface area contributed by atoms with Crippen LogP contribution in [0.2, 0.25) is 23.1 Å². The van der Waals surface area contributed by atoms with Gasteiger partial charge in [-0.05, 0) is 38.0 Å². The van der Waals surface area contributed by atoms with Crippen LogP contribution in [0.3, 0.4) is 0 Å². The summed E-state index contributed by atoms with van der Waals surface area (Å²) in [7, 11) is -0.558. The number of halogens is 3. The van der Waals surface area contributed by atoms with Gasteiger partial charge in [-0.1, -0.05) is 41.5 Å². The number of carbonyl (C=O) groups is 1. The molecule has 4 nitrogen and oxygen atoms in total. The fourth-order valence-corrected chi connectivity index (χ4v) is 6.47. The van der Waals surface area contributed by atoms with E-state index < -0.39 is 14.0 Å². The molecule has 0 bridgehead atoms. The third-order valence-corrected chi connectivity index (χ3v) is 8.24. The molecule has 8 heteroatoms. The number of benzene rings is 1. The van der Waals surface area contributed by atoms with Crippen LogP contribution >= 0.6 is 23.2 Å². The minimum Gasteiger partial charge on any atom is -0.338 e. The zero-order valence-electron chi connectivity index (χ0n) is 15.3. The van der Waals surface area contributed by atoms with Gasteiger partial charge in [0.25, 0.3) is 5.91 Å². The second kappa shape index (κ2) is 6.98. The molecule has 1 aliphatic rings. The van der Waals surface area contributed by atoms with Crippen molar-refractivity contribution in [1.82, 2.24) is 14.7 Å². The topological polar surface area (TPSA) is 38.1 Å². The summed E-state index contributed by atoms with van der Waals surface area (Å²) in [6, 6.07) is 5.72. The van der Waals surface area contributed by atoms with E-state index in [9.17, 15) is 9.18 Å². The number of rotatable bonds is 5. The molecule has 2 aromatic rings. The Balaban J connectivity index is 1.92. The van der Waals surface area contributed by atoms with Crippen molar-refractivity contribution in [3.63, 3.8) is 0 Å². The van der Waals surface area contributed by atoms with Gasteiger partial charge in [-0.2, -0.15) is 9.49 Å². The zero-order valence-corrected chi connectivity index (χ0v) is 17.8. The summed E-state index contributed by atoms with van der Waals surface area (Å²) in [5.41, 5.74) is 0.499. The molecule has 0 unspecified atom stereocenters. The smallest absolute Gasteiger partial charge is 0.260 e. The summed E-state index contributed by atoms with van der Waals surface area (Å²) < 4.78 is 15.5. The number of aromatic nitrogens is 2. The first-order valence-electron chi connectivity index (χ1n) is 8.57. The van der Waals surface area contributed by atoms with Gasteiger partial charge in [-0.15, -0.1) is 0 Å². The SMILES string of the molecule is Cc1nn(C)c(F)c1C(=O)N(C[Si](C)(C)c1cc(Cl)cc(Cl)c1)C1CC1. The Morgan fingerprint density at radius 3 is 2.35 bits per heavy atom. The van der Waals surface area contributed by atoms with Crippen LogP contribution in [-0.4, -0.2) is 40.9 Å². The fourth-order valence-electron chi connectivity index (χ4n) is 3.23. The highest BCUT2D eigenvalue weighted by Crippen LogP contribution is 2.31. The van der Waals surface area contributed by atoms with Gasteiger partial charge in [0.2, 0.25) is 5.95 Å². The molecule has 0 spiro atoms. The van der Waals surface area contributed by atoms with Crippen LogP contribution in [0, 0.1) is 12.9 Å². The van der Waals surface area contributed by atoms with Crippen molar-refractivity contribution in [2.24, 2.45) is 7.05 Å². The first kappa shape index (κ1) is 19.4. The number of amides is 1. The molecule has 0 N–H and O–H groups in total. The summed E-state index contributed by atoms with van der Waals surface area (Å²) >= 11 is 12.3. The molecule has 3 rings (SSSR count). The van der Waals surface area contributed by atoms with E-state index in [0.29, 0.717) is 21.9 Å². The van der Waals surface area contributed by atoms with Crippen LogP contribution < -0.4 is 5.19 Å². The second-order valence-corrected chi connectivity index (χ2v) is 13.1. The van der Waals surface area contributed by atoms with E-state index in [-0.39, 0.29) is 17.5 Å². The molecule has 1 aliphatic carbocycles. The molecule has 0 aliphatic heterocycles. The molecule has 1 saturated carbocycles. The lowest BCUT2D eigenvalue weighted by Crippen LogP contribution is -2.54. The predicted molar refractivity (Wildman–Crippen MR) is 106 cm³/mol. The fraction of sp³-hybridized carbons (Fsp3) is 0.444. The standard InChI is InChI=1S/C18H22Cl2FN3OSi/c1-11-16(17(21)23(2)22-11)18(25)24(14-5-6-14)10-26(3,4)15-8-12(19)7-13(20)9-15/h7-9,14H,5-6,10H2,1-4H3. The molecule has 1 amide bonds. The van der Waals surface area contributed by atoms with Gasteiger partial charge in [-0.25, -0.2) is 4.68 Å². The maximum absolute atomic E-state index is 14.4. The molecule has 26 heavy (non-hydrogen) atoms. The normalized spacial score (nSPS) is 14.6. The average Bonchev–Trinajstić information content (AvgIpc) is 3.32. The number of hydrogen-bond acceptors (Lipinski definition) is 2. The lowest BCUT2D eigenvalue weighted by molar-refractivity contribution is 0.0763.